The van der Waals surface area contributed by atoms with Crippen molar-refractivity contribution in [2.24, 2.45) is 0 Å². The molecule has 5 nitrogen and oxygen atoms in total. The SMILES string of the molecule is CCc1cc(C(=O)O)cc(OCCN(C(C)C)C(C)C)n1. The standard InChI is InChI=1S/C16H26N2O3/c1-6-14-9-13(16(19)20)10-15(17-14)21-8-7-18(11(2)3)12(4)5/h9-12H,6-8H2,1-5H3,(H,19,20). The minimum atomic E-state index is -0.956. The summed E-state index contributed by atoms with van der Waals surface area (Å²) in [6.45, 7) is 11.8. The molecule has 1 rings (SSSR count). The summed E-state index contributed by atoms with van der Waals surface area (Å²) in [5, 5.41) is 9.10. The van der Waals surface area contributed by atoms with E-state index in [1.54, 1.807) is 6.07 Å². The lowest BCUT2D eigenvalue weighted by molar-refractivity contribution is 0.0696. The first-order chi connectivity index (χ1) is 9.85. The van der Waals surface area contributed by atoms with Gasteiger partial charge in [-0.05, 0) is 40.2 Å². The monoisotopic (exact) mass is 294 g/mol. The van der Waals surface area contributed by atoms with Crippen LogP contribution < -0.4 is 4.74 Å². The molecule has 0 radical (unpaired) electrons. The first-order valence-electron chi connectivity index (χ1n) is 7.48. The van der Waals surface area contributed by atoms with Gasteiger partial charge in [-0.2, -0.15) is 0 Å². The summed E-state index contributed by atoms with van der Waals surface area (Å²) < 4.78 is 5.65. The second-order valence-corrected chi connectivity index (χ2v) is 5.62. The molecule has 0 aliphatic rings. The molecule has 0 fully saturated rings. The minimum absolute atomic E-state index is 0.224. The molecule has 0 aliphatic heterocycles. The van der Waals surface area contributed by atoms with Crippen LogP contribution in [0.3, 0.4) is 0 Å². The third-order valence-electron chi connectivity index (χ3n) is 3.39. The first kappa shape index (κ1) is 17.4. The molecule has 1 aromatic heterocycles. The lowest BCUT2D eigenvalue weighted by atomic mass is 10.2. The number of aromatic carboxylic acids is 1. The van der Waals surface area contributed by atoms with E-state index in [1.165, 1.54) is 6.07 Å². The van der Waals surface area contributed by atoms with Crippen molar-refractivity contribution in [1.82, 2.24) is 9.88 Å². The van der Waals surface area contributed by atoms with E-state index in [1.807, 2.05) is 6.92 Å². The summed E-state index contributed by atoms with van der Waals surface area (Å²) in [5.74, 6) is -0.567. The van der Waals surface area contributed by atoms with E-state index in [9.17, 15) is 4.79 Å². The van der Waals surface area contributed by atoms with Crippen LogP contribution in [0.15, 0.2) is 12.1 Å². The fraction of sp³-hybridized carbons (Fsp3) is 0.625. The molecule has 118 valence electrons. The Balaban J connectivity index is 2.70. The number of carbonyl (C=O) groups is 1. The van der Waals surface area contributed by atoms with Crippen LogP contribution in [0, 0.1) is 0 Å². The maximum atomic E-state index is 11.1. The Morgan fingerprint density at radius 2 is 1.90 bits per heavy atom. The van der Waals surface area contributed by atoms with Crippen LogP contribution in [0.1, 0.15) is 50.7 Å². The molecule has 21 heavy (non-hydrogen) atoms. The Kier molecular flexibility index (Phi) is 6.62. The van der Waals surface area contributed by atoms with Gasteiger partial charge in [0.2, 0.25) is 5.88 Å². The highest BCUT2D eigenvalue weighted by molar-refractivity contribution is 5.88. The van der Waals surface area contributed by atoms with Crippen molar-refractivity contribution in [3.8, 4) is 5.88 Å². The third kappa shape index (κ3) is 5.34. The van der Waals surface area contributed by atoms with Gasteiger partial charge in [0.25, 0.3) is 0 Å². The molecule has 1 aromatic rings. The van der Waals surface area contributed by atoms with Crippen LogP contribution in [0.5, 0.6) is 5.88 Å². The molecule has 0 amide bonds. The second-order valence-electron chi connectivity index (χ2n) is 5.62. The fourth-order valence-corrected chi connectivity index (χ4v) is 2.31. The maximum absolute atomic E-state index is 11.1. The highest BCUT2D eigenvalue weighted by atomic mass is 16.5. The van der Waals surface area contributed by atoms with Gasteiger partial charge >= 0.3 is 5.97 Å². The molecule has 1 heterocycles. The second kappa shape index (κ2) is 7.98. The average molecular weight is 294 g/mol. The third-order valence-corrected chi connectivity index (χ3v) is 3.39. The number of nitrogens with zero attached hydrogens (tertiary/aromatic N) is 2. The minimum Gasteiger partial charge on any atom is -0.478 e. The summed E-state index contributed by atoms with van der Waals surface area (Å²) in [4.78, 5) is 17.7. The van der Waals surface area contributed by atoms with E-state index in [0.717, 1.165) is 12.2 Å². The number of pyridine rings is 1. The van der Waals surface area contributed by atoms with Crippen LogP contribution in [0.25, 0.3) is 0 Å². The number of carboxylic acid groups (broad SMARTS) is 1. The molecular formula is C16H26N2O3. The molecule has 0 aliphatic carbocycles. The van der Waals surface area contributed by atoms with Crippen molar-refractivity contribution in [2.75, 3.05) is 13.2 Å². The maximum Gasteiger partial charge on any atom is 0.335 e. The Labute approximate surface area is 126 Å². The van der Waals surface area contributed by atoms with E-state index in [4.69, 9.17) is 9.84 Å². The van der Waals surface area contributed by atoms with Crippen molar-refractivity contribution in [3.63, 3.8) is 0 Å². The van der Waals surface area contributed by atoms with Gasteiger partial charge in [0, 0.05) is 30.4 Å². The van der Waals surface area contributed by atoms with Gasteiger partial charge in [0.05, 0.1) is 5.56 Å². The molecule has 0 atom stereocenters. The Morgan fingerprint density at radius 1 is 1.29 bits per heavy atom. The van der Waals surface area contributed by atoms with E-state index < -0.39 is 5.97 Å². The fourth-order valence-electron chi connectivity index (χ4n) is 2.31. The number of carboxylic acids is 1. The van der Waals surface area contributed by atoms with Crippen LogP contribution in [0.2, 0.25) is 0 Å². The van der Waals surface area contributed by atoms with Crippen LogP contribution in [0.4, 0.5) is 0 Å². The number of ether oxygens (including phenoxy) is 1. The lowest BCUT2D eigenvalue weighted by Gasteiger charge is -2.30. The smallest absolute Gasteiger partial charge is 0.335 e. The Bertz CT molecular complexity index is 465. The van der Waals surface area contributed by atoms with Crippen molar-refractivity contribution >= 4 is 5.97 Å². The van der Waals surface area contributed by atoms with Gasteiger partial charge in [-0.15, -0.1) is 0 Å². The lowest BCUT2D eigenvalue weighted by Crippen LogP contribution is -2.39. The van der Waals surface area contributed by atoms with Crippen molar-refractivity contribution in [3.05, 3.63) is 23.4 Å². The van der Waals surface area contributed by atoms with E-state index in [0.29, 0.717) is 31.0 Å². The van der Waals surface area contributed by atoms with Gasteiger partial charge in [-0.25, -0.2) is 9.78 Å². The molecule has 1 N–H and O–H groups in total. The van der Waals surface area contributed by atoms with Crippen molar-refractivity contribution in [1.29, 1.82) is 0 Å². The molecule has 0 unspecified atom stereocenters. The largest absolute Gasteiger partial charge is 0.478 e. The van der Waals surface area contributed by atoms with Crippen LogP contribution >= 0.6 is 0 Å². The molecule has 0 saturated heterocycles. The highest BCUT2D eigenvalue weighted by Gasteiger charge is 2.14. The van der Waals surface area contributed by atoms with Crippen molar-refractivity contribution in [2.45, 2.75) is 53.1 Å². The number of aromatic nitrogens is 1. The summed E-state index contributed by atoms with van der Waals surface area (Å²) in [7, 11) is 0. The zero-order valence-electron chi connectivity index (χ0n) is 13.6. The number of aryl methyl sites for hydroxylation is 1. The number of rotatable bonds is 8. The first-order valence-corrected chi connectivity index (χ1v) is 7.48. The Morgan fingerprint density at radius 3 is 2.38 bits per heavy atom. The van der Waals surface area contributed by atoms with Gasteiger partial charge in [-0.1, -0.05) is 6.92 Å². The van der Waals surface area contributed by atoms with Gasteiger partial charge in [-0.3, -0.25) is 4.90 Å². The van der Waals surface area contributed by atoms with E-state index in [2.05, 4.69) is 37.6 Å². The summed E-state index contributed by atoms with van der Waals surface area (Å²) in [6.07, 6.45) is 0.682. The van der Waals surface area contributed by atoms with Crippen molar-refractivity contribution < 1.29 is 14.6 Å². The predicted molar refractivity (Wildman–Crippen MR) is 83.0 cm³/mol. The zero-order valence-corrected chi connectivity index (χ0v) is 13.6. The quantitative estimate of drug-likeness (QED) is 0.798. The number of hydrogen-bond acceptors (Lipinski definition) is 4. The normalized spacial score (nSPS) is 11.4. The molecule has 0 spiro atoms. The Hall–Kier alpha value is -1.62. The molecule has 0 aromatic carbocycles. The summed E-state index contributed by atoms with van der Waals surface area (Å²) in [5.41, 5.74) is 0.955. The van der Waals surface area contributed by atoms with E-state index >= 15 is 0 Å². The molecule has 0 bridgehead atoms. The topological polar surface area (TPSA) is 62.7 Å². The zero-order chi connectivity index (χ0) is 16.0. The molecule has 0 saturated carbocycles. The average Bonchev–Trinajstić information content (AvgIpc) is 2.42. The summed E-state index contributed by atoms with van der Waals surface area (Å²) in [6, 6.07) is 3.96. The van der Waals surface area contributed by atoms with Crippen LogP contribution in [-0.4, -0.2) is 46.2 Å². The number of hydrogen-bond donors (Lipinski definition) is 1. The highest BCUT2D eigenvalue weighted by Crippen LogP contribution is 2.14. The van der Waals surface area contributed by atoms with Gasteiger partial charge in [0.1, 0.15) is 6.61 Å². The predicted octanol–water partition coefficient (Wildman–Crippen LogP) is 2.84. The van der Waals surface area contributed by atoms with Crippen LogP contribution in [-0.2, 0) is 6.42 Å². The van der Waals surface area contributed by atoms with E-state index in [-0.39, 0.29) is 5.56 Å². The summed E-state index contributed by atoms with van der Waals surface area (Å²) >= 11 is 0. The van der Waals surface area contributed by atoms with Gasteiger partial charge in [0.15, 0.2) is 0 Å². The molecular weight excluding hydrogens is 268 g/mol. The molecule has 5 heteroatoms. The van der Waals surface area contributed by atoms with Gasteiger partial charge < -0.3 is 9.84 Å².